The van der Waals surface area contributed by atoms with Gasteiger partial charge in [-0.15, -0.1) is 0 Å². The molecule has 0 aromatic heterocycles. The number of ether oxygens (including phenoxy) is 1. The molecule has 0 radical (unpaired) electrons. The number of rotatable bonds is 6. The minimum absolute atomic E-state index is 0.0954. The standard InChI is InChI=1S/C14H26O2/c1-10(16-2)3-6-14(15)9-13-8-11-4-5-12(13)7-11/h10-15H,3-9H2,1-2H3. The van der Waals surface area contributed by atoms with Crippen LogP contribution in [0.4, 0.5) is 0 Å². The molecule has 2 heteroatoms. The van der Waals surface area contributed by atoms with Crippen molar-refractivity contribution in [1.82, 2.24) is 0 Å². The molecule has 16 heavy (non-hydrogen) atoms. The summed E-state index contributed by atoms with van der Waals surface area (Å²) in [5.41, 5.74) is 0. The molecule has 94 valence electrons. The molecular formula is C14H26O2. The fourth-order valence-electron chi connectivity index (χ4n) is 3.68. The van der Waals surface area contributed by atoms with E-state index in [-0.39, 0.29) is 12.2 Å². The lowest BCUT2D eigenvalue weighted by molar-refractivity contribution is 0.0713. The van der Waals surface area contributed by atoms with Crippen molar-refractivity contribution in [3.63, 3.8) is 0 Å². The molecule has 5 atom stereocenters. The van der Waals surface area contributed by atoms with Crippen LogP contribution in [0.3, 0.4) is 0 Å². The average Bonchev–Trinajstić information content (AvgIpc) is 2.87. The average molecular weight is 226 g/mol. The van der Waals surface area contributed by atoms with Crippen molar-refractivity contribution in [3.05, 3.63) is 0 Å². The van der Waals surface area contributed by atoms with Crippen molar-refractivity contribution in [3.8, 4) is 0 Å². The maximum atomic E-state index is 10.0. The number of methoxy groups -OCH3 is 1. The van der Waals surface area contributed by atoms with Gasteiger partial charge in [-0.25, -0.2) is 0 Å². The van der Waals surface area contributed by atoms with Crippen LogP contribution in [0.25, 0.3) is 0 Å². The highest BCUT2D eigenvalue weighted by Crippen LogP contribution is 2.50. The minimum atomic E-state index is -0.0954. The van der Waals surface area contributed by atoms with Crippen LogP contribution in [0.5, 0.6) is 0 Å². The first-order valence-electron chi connectivity index (χ1n) is 6.90. The second kappa shape index (κ2) is 5.50. The highest BCUT2D eigenvalue weighted by molar-refractivity contribution is 4.90. The number of aliphatic hydroxyl groups excluding tert-OH is 1. The van der Waals surface area contributed by atoms with Crippen molar-refractivity contribution in [1.29, 1.82) is 0 Å². The maximum Gasteiger partial charge on any atom is 0.0544 e. The van der Waals surface area contributed by atoms with Gasteiger partial charge in [0, 0.05) is 7.11 Å². The molecule has 2 aliphatic rings. The van der Waals surface area contributed by atoms with Gasteiger partial charge in [0.2, 0.25) is 0 Å². The molecule has 0 aromatic carbocycles. The van der Waals surface area contributed by atoms with Gasteiger partial charge in [0.1, 0.15) is 0 Å². The number of fused-ring (bicyclic) bond motifs is 2. The first-order valence-corrected chi connectivity index (χ1v) is 6.90. The van der Waals surface area contributed by atoms with E-state index in [9.17, 15) is 5.11 Å². The molecule has 0 aliphatic heterocycles. The maximum absolute atomic E-state index is 10.0. The fraction of sp³-hybridized carbons (Fsp3) is 1.00. The van der Waals surface area contributed by atoms with Crippen molar-refractivity contribution in [2.75, 3.05) is 7.11 Å². The monoisotopic (exact) mass is 226 g/mol. The molecule has 2 bridgehead atoms. The van der Waals surface area contributed by atoms with Crippen LogP contribution in [-0.2, 0) is 4.74 Å². The molecule has 5 unspecified atom stereocenters. The summed E-state index contributed by atoms with van der Waals surface area (Å²) in [5, 5.41) is 10.0. The third-order valence-corrected chi connectivity index (χ3v) is 4.77. The van der Waals surface area contributed by atoms with Gasteiger partial charge in [0.25, 0.3) is 0 Å². The first-order chi connectivity index (χ1) is 7.69. The molecule has 0 saturated heterocycles. The minimum Gasteiger partial charge on any atom is -0.393 e. The highest BCUT2D eigenvalue weighted by Gasteiger charge is 2.39. The van der Waals surface area contributed by atoms with E-state index in [0.717, 1.165) is 37.0 Å². The van der Waals surface area contributed by atoms with E-state index in [2.05, 4.69) is 6.92 Å². The largest absolute Gasteiger partial charge is 0.393 e. The Bertz CT molecular complexity index is 217. The predicted molar refractivity (Wildman–Crippen MR) is 65.3 cm³/mol. The Labute approximate surface area is 99.4 Å². The van der Waals surface area contributed by atoms with Gasteiger partial charge in [0.05, 0.1) is 12.2 Å². The van der Waals surface area contributed by atoms with Crippen molar-refractivity contribution in [2.45, 2.75) is 64.1 Å². The van der Waals surface area contributed by atoms with E-state index in [1.54, 1.807) is 7.11 Å². The Morgan fingerprint density at radius 3 is 2.62 bits per heavy atom. The van der Waals surface area contributed by atoms with Crippen molar-refractivity contribution in [2.24, 2.45) is 17.8 Å². The van der Waals surface area contributed by atoms with E-state index < -0.39 is 0 Å². The second-order valence-corrected chi connectivity index (χ2v) is 5.95. The molecule has 2 aliphatic carbocycles. The van der Waals surface area contributed by atoms with Gasteiger partial charge >= 0.3 is 0 Å². The summed E-state index contributed by atoms with van der Waals surface area (Å²) in [5.74, 6) is 2.77. The summed E-state index contributed by atoms with van der Waals surface area (Å²) in [6.07, 6.45) is 8.84. The Balaban J connectivity index is 1.65. The van der Waals surface area contributed by atoms with Gasteiger partial charge in [-0.2, -0.15) is 0 Å². The third-order valence-electron chi connectivity index (χ3n) is 4.77. The molecule has 2 fully saturated rings. The molecule has 2 nitrogen and oxygen atoms in total. The molecule has 0 heterocycles. The van der Waals surface area contributed by atoms with Crippen LogP contribution >= 0.6 is 0 Å². The van der Waals surface area contributed by atoms with Crippen LogP contribution in [0.15, 0.2) is 0 Å². The zero-order valence-corrected chi connectivity index (χ0v) is 10.7. The van der Waals surface area contributed by atoms with Crippen molar-refractivity contribution >= 4 is 0 Å². The van der Waals surface area contributed by atoms with Crippen LogP contribution < -0.4 is 0 Å². The fourth-order valence-corrected chi connectivity index (χ4v) is 3.68. The quantitative estimate of drug-likeness (QED) is 0.754. The Kier molecular flexibility index (Phi) is 4.26. The normalized spacial score (nSPS) is 36.6. The van der Waals surface area contributed by atoms with E-state index >= 15 is 0 Å². The zero-order chi connectivity index (χ0) is 11.5. The smallest absolute Gasteiger partial charge is 0.0544 e. The summed E-state index contributed by atoms with van der Waals surface area (Å²) in [6.45, 7) is 2.07. The summed E-state index contributed by atoms with van der Waals surface area (Å²) in [6, 6.07) is 0. The summed E-state index contributed by atoms with van der Waals surface area (Å²) in [7, 11) is 1.74. The lowest BCUT2D eigenvalue weighted by Gasteiger charge is -2.24. The van der Waals surface area contributed by atoms with Crippen LogP contribution in [0.2, 0.25) is 0 Å². The van der Waals surface area contributed by atoms with Gasteiger partial charge in [-0.3, -0.25) is 0 Å². The van der Waals surface area contributed by atoms with E-state index in [0.29, 0.717) is 0 Å². The summed E-state index contributed by atoms with van der Waals surface area (Å²) < 4.78 is 5.21. The van der Waals surface area contributed by atoms with Crippen LogP contribution in [0.1, 0.15) is 51.9 Å². The Morgan fingerprint density at radius 1 is 1.25 bits per heavy atom. The SMILES string of the molecule is COC(C)CCC(O)CC1CC2CCC1C2. The van der Waals surface area contributed by atoms with Gasteiger partial charge in [-0.1, -0.05) is 6.42 Å². The predicted octanol–water partition coefficient (Wildman–Crippen LogP) is 2.99. The Morgan fingerprint density at radius 2 is 2.06 bits per heavy atom. The topological polar surface area (TPSA) is 29.5 Å². The molecule has 2 saturated carbocycles. The van der Waals surface area contributed by atoms with E-state index in [1.165, 1.54) is 25.7 Å². The van der Waals surface area contributed by atoms with Gasteiger partial charge < -0.3 is 9.84 Å². The molecule has 1 N–H and O–H groups in total. The molecule has 2 rings (SSSR count). The molecule has 0 amide bonds. The van der Waals surface area contributed by atoms with E-state index in [4.69, 9.17) is 4.74 Å². The molecule has 0 aromatic rings. The van der Waals surface area contributed by atoms with Gasteiger partial charge in [-0.05, 0) is 63.2 Å². The second-order valence-electron chi connectivity index (χ2n) is 5.95. The Hall–Kier alpha value is -0.0800. The zero-order valence-electron chi connectivity index (χ0n) is 10.7. The first kappa shape index (κ1) is 12.4. The van der Waals surface area contributed by atoms with Crippen LogP contribution in [-0.4, -0.2) is 24.4 Å². The molecule has 0 spiro atoms. The lowest BCUT2D eigenvalue weighted by Crippen LogP contribution is -2.20. The highest BCUT2D eigenvalue weighted by atomic mass is 16.5. The lowest BCUT2D eigenvalue weighted by atomic mass is 9.84. The third kappa shape index (κ3) is 2.98. The number of hydrogen-bond donors (Lipinski definition) is 1. The van der Waals surface area contributed by atoms with E-state index in [1.807, 2.05) is 0 Å². The number of hydrogen-bond acceptors (Lipinski definition) is 2. The summed E-state index contributed by atoms with van der Waals surface area (Å²) in [4.78, 5) is 0. The van der Waals surface area contributed by atoms with Crippen molar-refractivity contribution < 1.29 is 9.84 Å². The summed E-state index contributed by atoms with van der Waals surface area (Å²) >= 11 is 0. The van der Waals surface area contributed by atoms with Gasteiger partial charge in [0.15, 0.2) is 0 Å². The number of aliphatic hydroxyl groups is 1. The molecular weight excluding hydrogens is 200 g/mol. The van der Waals surface area contributed by atoms with Crippen LogP contribution in [0, 0.1) is 17.8 Å².